The Kier molecular flexibility index (Phi) is 6.49. The predicted molar refractivity (Wildman–Crippen MR) is 135 cm³/mol. The number of benzene rings is 3. The summed E-state index contributed by atoms with van der Waals surface area (Å²) in [6.07, 6.45) is 1.12. The molecule has 0 saturated carbocycles. The minimum Gasteiger partial charge on any atom is -0.282 e. The third-order valence-corrected chi connectivity index (χ3v) is 7.48. The van der Waals surface area contributed by atoms with E-state index in [2.05, 4.69) is 4.98 Å². The molecule has 33 heavy (non-hydrogen) atoms. The Morgan fingerprint density at radius 2 is 1.67 bits per heavy atom. The zero-order chi connectivity index (χ0) is 23.6. The van der Waals surface area contributed by atoms with E-state index in [9.17, 15) is 13.2 Å². The van der Waals surface area contributed by atoms with Crippen molar-refractivity contribution in [2.24, 2.45) is 0 Å². The summed E-state index contributed by atoms with van der Waals surface area (Å²) in [5, 5.41) is 0.544. The van der Waals surface area contributed by atoms with Crippen LogP contribution < -0.4 is 9.21 Å². The van der Waals surface area contributed by atoms with Crippen molar-refractivity contribution in [1.29, 1.82) is 0 Å². The lowest BCUT2D eigenvalue weighted by molar-refractivity contribution is -0.117. The fourth-order valence-corrected chi connectivity index (χ4v) is 5.58. The molecular weight excluding hydrogens is 454 g/mol. The van der Waals surface area contributed by atoms with Gasteiger partial charge in [0.15, 0.2) is 5.13 Å². The van der Waals surface area contributed by atoms with E-state index in [0.29, 0.717) is 17.4 Å². The number of carbonyl (C=O) groups excluding carboxylic acids is 1. The van der Waals surface area contributed by atoms with Crippen molar-refractivity contribution in [2.75, 3.05) is 22.0 Å². The summed E-state index contributed by atoms with van der Waals surface area (Å²) in [6, 6.07) is 22.7. The molecule has 0 atom stereocenters. The second-order valence-electron chi connectivity index (χ2n) is 7.99. The van der Waals surface area contributed by atoms with Crippen molar-refractivity contribution < 1.29 is 13.2 Å². The summed E-state index contributed by atoms with van der Waals surface area (Å²) in [6.45, 7) is 3.82. The highest BCUT2D eigenvalue weighted by molar-refractivity contribution is 7.92. The van der Waals surface area contributed by atoms with Crippen molar-refractivity contribution in [2.45, 2.75) is 20.4 Å². The van der Waals surface area contributed by atoms with Gasteiger partial charge in [0, 0.05) is 0 Å². The topological polar surface area (TPSA) is 70.6 Å². The van der Waals surface area contributed by atoms with Crippen LogP contribution in [0.2, 0.25) is 0 Å². The summed E-state index contributed by atoms with van der Waals surface area (Å²) >= 11 is 1.43. The van der Waals surface area contributed by atoms with Crippen LogP contribution in [0.25, 0.3) is 10.2 Å². The van der Waals surface area contributed by atoms with Crippen LogP contribution in [0.3, 0.4) is 0 Å². The number of rotatable bonds is 7. The summed E-state index contributed by atoms with van der Waals surface area (Å²) < 4.78 is 27.5. The Hall–Kier alpha value is -3.23. The number of fused-ring (bicyclic) bond motifs is 1. The van der Waals surface area contributed by atoms with Gasteiger partial charge in [-0.3, -0.25) is 14.0 Å². The summed E-state index contributed by atoms with van der Waals surface area (Å²) in [5.74, 6) is -0.344. The first-order chi connectivity index (χ1) is 15.7. The molecule has 0 unspecified atom stereocenters. The number of sulfonamides is 1. The molecule has 3 aromatic carbocycles. The zero-order valence-corrected chi connectivity index (χ0v) is 20.4. The molecule has 0 N–H and O–H groups in total. The molecule has 4 rings (SSSR count). The molecule has 0 radical (unpaired) electrons. The maximum absolute atomic E-state index is 13.6. The first kappa shape index (κ1) is 22.9. The first-order valence-corrected chi connectivity index (χ1v) is 13.1. The number of aromatic nitrogens is 1. The molecule has 1 aromatic heterocycles. The Bertz CT molecular complexity index is 1400. The number of hydrogen-bond donors (Lipinski definition) is 0. The number of carbonyl (C=O) groups is 1. The molecule has 0 fully saturated rings. The molecule has 170 valence electrons. The van der Waals surface area contributed by atoms with Gasteiger partial charge >= 0.3 is 0 Å². The zero-order valence-electron chi connectivity index (χ0n) is 18.7. The van der Waals surface area contributed by atoms with E-state index in [1.807, 2.05) is 74.5 Å². The molecule has 0 spiro atoms. The smallest absolute Gasteiger partial charge is 0.249 e. The van der Waals surface area contributed by atoms with Gasteiger partial charge in [-0.25, -0.2) is 13.4 Å². The number of hydrogen-bond acceptors (Lipinski definition) is 5. The van der Waals surface area contributed by atoms with Crippen molar-refractivity contribution in [3.63, 3.8) is 0 Å². The van der Waals surface area contributed by atoms with Crippen LogP contribution in [0.15, 0.2) is 72.8 Å². The fraction of sp³-hybridized carbons (Fsp3) is 0.200. The van der Waals surface area contributed by atoms with E-state index < -0.39 is 10.0 Å². The average Bonchev–Trinajstić information content (AvgIpc) is 3.19. The quantitative estimate of drug-likeness (QED) is 0.378. The van der Waals surface area contributed by atoms with Crippen LogP contribution >= 0.6 is 11.3 Å². The van der Waals surface area contributed by atoms with Crippen LogP contribution in [-0.2, 0) is 21.4 Å². The number of amides is 1. The van der Waals surface area contributed by atoms with Crippen molar-refractivity contribution >= 4 is 48.3 Å². The van der Waals surface area contributed by atoms with E-state index >= 15 is 0 Å². The highest BCUT2D eigenvalue weighted by Crippen LogP contribution is 2.31. The Morgan fingerprint density at radius 3 is 2.36 bits per heavy atom. The molecule has 1 amide bonds. The standard InChI is InChI=1S/C25H25N3O3S2/c1-18-13-14-21-23(15-18)32-25(26-21)27(16-20-10-5-4-6-11-20)24(29)17-28(33(3,30)31)22-12-8-7-9-19(22)2/h4-15H,16-17H2,1-3H3. The Labute approximate surface area is 198 Å². The van der Waals surface area contributed by atoms with E-state index in [0.717, 1.165) is 33.2 Å². The fourth-order valence-electron chi connectivity index (χ4n) is 3.60. The molecule has 6 nitrogen and oxygen atoms in total. The van der Waals surface area contributed by atoms with Crippen LogP contribution in [0.1, 0.15) is 16.7 Å². The second kappa shape index (κ2) is 9.33. The van der Waals surface area contributed by atoms with Crippen LogP contribution in [0.4, 0.5) is 10.8 Å². The van der Waals surface area contributed by atoms with Crippen molar-refractivity contribution in [3.05, 3.63) is 89.5 Å². The lowest BCUT2D eigenvalue weighted by Crippen LogP contribution is -2.43. The van der Waals surface area contributed by atoms with Gasteiger partial charge in [-0.05, 0) is 48.7 Å². The molecule has 0 aliphatic heterocycles. The van der Waals surface area contributed by atoms with Crippen molar-refractivity contribution in [3.8, 4) is 0 Å². The highest BCUT2D eigenvalue weighted by atomic mass is 32.2. The van der Waals surface area contributed by atoms with Crippen LogP contribution in [0.5, 0.6) is 0 Å². The van der Waals surface area contributed by atoms with Gasteiger partial charge in [0.2, 0.25) is 15.9 Å². The van der Waals surface area contributed by atoms with E-state index in [1.165, 1.54) is 15.6 Å². The largest absolute Gasteiger partial charge is 0.282 e. The predicted octanol–water partition coefficient (Wildman–Crippen LogP) is 4.91. The molecule has 8 heteroatoms. The van der Waals surface area contributed by atoms with Gasteiger partial charge in [-0.15, -0.1) is 0 Å². The molecule has 0 aliphatic carbocycles. The molecule has 0 aliphatic rings. The van der Waals surface area contributed by atoms with Gasteiger partial charge in [0.1, 0.15) is 6.54 Å². The summed E-state index contributed by atoms with van der Waals surface area (Å²) in [7, 11) is -3.69. The SMILES string of the molecule is Cc1ccc2nc(N(Cc3ccccc3)C(=O)CN(c3ccccc3C)S(C)(=O)=O)sc2c1. The maximum Gasteiger partial charge on any atom is 0.249 e. The Morgan fingerprint density at radius 1 is 0.970 bits per heavy atom. The molecule has 1 heterocycles. The van der Waals surface area contributed by atoms with E-state index in [1.54, 1.807) is 17.0 Å². The highest BCUT2D eigenvalue weighted by Gasteiger charge is 2.27. The third-order valence-electron chi connectivity index (χ3n) is 5.31. The monoisotopic (exact) mass is 479 g/mol. The maximum atomic E-state index is 13.6. The van der Waals surface area contributed by atoms with Crippen molar-refractivity contribution in [1.82, 2.24) is 4.98 Å². The average molecular weight is 480 g/mol. The van der Waals surface area contributed by atoms with E-state index in [4.69, 9.17) is 0 Å². The lowest BCUT2D eigenvalue weighted by Gasteiger charge is -2.27. The molecule has 0 bridgehead atoms. The summed E-state index contributed by atoms with van der Waals surface area (Å²) in [4.78, 5) is 19.9. The molecular formula is C25H25N3O3S2. The first-order valence-electron chi connectivity index (χ1n) is 10.5. The van der Waals surface area contributed by atoms with Gasteiger partial charge in [0.05, 0.1) is 28.7 Å². The van der Waals surface area contributed by atoms with Crippen LogP contribution in [-0.4, -0.2) is 32.1 Å². The Balaban J connectivity index is 1.73. The van der Waals surface area contributed by atoms with Gasteiger partial charge in [-0.1, -0.05) is 65.9 Å². The second-order valence-corrected chi connectivity index (χ2v) is 10.9. The normalized spacial score (nSPS) is 11.5. The van der Waals surface area contributed by atoms with Crippen LogP contribution in [0, 0.1) is 13.8 Å². The lowest BCUT2D eigenvalue weighted by atomic mass is 10.2. The number of nitrogens with zero attached hydrogens (tertiary/aromatic N) is 3. The number of anilines is 2. The van der Waals surface area contributed by atoms with Gasteiger partial charge < -0.3 is 0 Å². The number of para-hydroxylation sites is 1. The van der Waals surface area contributed by atoms with Gasteiger partial charge in [0.25, 0.3) is 0 Å². The minimum atomic E-state index is -3.69. The van der Waals surface area contributed by atoms with E-state index in [-0.39, 0.29) is 12.5 Å². The third kappa shape index (κ3) is 5.23. The van der Waals surface area contributed by atoms with Gasteiger partial charge in [-0.2, -0.15) is 0 Å². The molecule has 4 aromatic rings. The number of aryl methyl sites for hydroxylation is 2. The minimum absolute atomic E-state index is 0.295. The molecule has 0 saturated heterocycles. The summed E-state index contributed by atoms with van der Waals surface area (Å²) in [5.41, 5.74) is 4.13. The number of thiazole rings is 1.